The zero-order valence-electron chi connectivity index (χ0n) is 9.51. The third kappa shape index (κ3) is 3.12. The quantitative estimate of drug-likeness (QED) is 0.727. The third-order valence-electron chi connectivity index (χ3n) is 2.46. The Bertz CT molecular complexity index is 272. The Kier molecular flexibility index (Phi) is 5.08. The number of carbonyl (C=O) groups excluding carboxylic acids is 1. The summed E-state index contributed by atoms with van der Waals surface area (Å²) in [6, 6.07) is -0.686. The van der Waals surface area contributed by atoms with E-state index >= 15 is 0 Å². The molecule has 1 rings (SSSR count). The van der Waals surface area contributed by atoms with E-state index in [1.54, 1.807) is 0 Å². The van der Waals surface area contributed by atoms with Crippen molar-refractivity contribution < 1.29 is 19.4 Å². The third-order valence-corrected chi connectivity index (χ3v) is 3.68. The van der Waals surface area contributed by atoms with Crippen LogP contribution in [0.1, 0.15) is 20.3 Å². The zero-order valence-corrected chi connectivity index (χ0v) is 10.3. The van der Waals surface area contributed by atoms with Crippen molar-refractivity contribution in [1.29, 1.82) is 0 Å². The molecule has 0 aromatic heterocycles. The molecule has 0 bridgehead atoms. The molecule has 1 aliphatic rings. The number of ether oxygens (including phenoxy) is 1. The van der Waals surface area contributed by atoms with Gasteiger partial charge in [0.25, 0.3) is 0 Å². The van der Waals surface area contributed by atoms with Crippen molar-refractivity contribution in [3.8, 4) is 0 Å². The van der Waals surface area contributed by atoms with E-state index in [0.717, 1.165) is 0 Å². The van der Waals surface area contributed by atoms with Gasteiger partial charge in [-0.1, -0.05) is 0 Å². The molecule has 1 N–H and O–H groups in total. The first-order valence-electron chi connectivity index (χ1n) is 5.31. The van der Waals surface area contributed by atoms with E-state index in [1.807, 2.05) is 13.8 Å². The Morgan fingerprint density at radius 3 is 2.81 bits per heavy atom. The Morgan fingerprint density at radius 1 is 1.56 bits per heavy atom. The fraction of sp³-hybridized carbons (Fsp3) is 0.800. The Hall–Kier alpha value is -0.750. The normalized spacial score (nSPS) is 24.8. The molecular formula is C10H17NO4S. The molecule has 1 saturated heterocycles. The number of hydrogen-bond donors (Lipinski definition) is 1. The summed E-state index contributed by atoms with van der Waals surface area (Å²) < 4.78 is 5.09. The summed E-state index contributed by atoms with van der Waals surface area (Å²) in [6.07, 6.45) is 0.252. The number of rotatable bonds is 5. The second-order valence-electron chi connectivity index (χ2n) is 3.53. The highest BCUT2D eigenvalue weighted by atomic mass is 32.2. The Morgan fingerprint density at radius 2 is 2.25 bits per heavy atom. The average Bonchev–Trinajstić information content (AvgIpc) is 2.60. The molecule has 1 aliphatic heterocycles. The maximum atomic E-state index is 11.8. The first-order valence-corrected chi connectivity index (χ1v) is 6.36. The second-order valence-corrected chi connectivity index (χ2v) is 4.88. The molecule has 0 spiro atoms. The minimum Gasteiger partial charge on any atom is -0.480 e. The average molecular weight is 247 g/mol. The first-order chi connectivity index (χ1) is 7.57. The van der Waals surface area contributed by atoms with Gasteiger partial charge >= 0.3 is 5.97 Å². The molecule has 0 aromatic carbocycles. The molecule has 6 heteroatoms. The van der Waals surface area contributed by atoms with Crippen molar-refractivity contribution in [2.45, 2.75) is 31.7 Å². The molecule has 1 amide bonds. The highest BCUT2D eigenvalue weighted by Crippen LogP contribution is 2.29. The SMILES string of the molecule is CCOCCC(=O)N1C(C)SCC1C(=O)O. The van der Waals surface area contributed by atoms with Gasteiger partial charge in [-0.3, -0.25) is 4.79 Å². The molecule has 0 aromatic rings. The monoisotopic (exact) mass is 247 g/mol. The van der Waals surface area contributed by atoms with Crippen molar-refractivity contribution in [3.63, 3.8) is 0 Å². The lowest BCUT2D eigenvalue weighted by molar-refractivity contribution is -0.149. The van der Waals surface area contributed by atoms with Crippen LogP contribution >= 0.6 is 11.8 Å². The van der Waals surface area contributed by atoms with E-state index < -0.39 is 12.0 Å². The predicted molar refractivity (Wildman–Crippen MR) is 61.3 cm³/mol. The van der Waals surface area contributed by atoms with Crippen LogP contribution in [0.2, 0.25) is 0 Å². The summed E-state index contributed by atoms with van der Waals surface area (Å²) in [7, 11) is 0. The van der Waals surface area contributed by atoms with Crippen molar-refractivity contribution in [2.24, 2.45) is 0 Å². The van der Waals surface area contributed by atoms with Gasteiger partial charge in [0.05, 0.1) is 18.4 Å². The van der Waals surface area contributed by atoms with Crippen molar-refractivity contribution in [2.75, 3.05) is 19.0 Å². The van der Waals surface area contributed by atoms with Crippen LogP contribution in [-0.2, 0) is 14.3 Å². The lowest BCUT2D eigenvalue weighted by Gasteiger charge is -2.24. The van der Waals surface area contributed by atoms with Gasteiger partial charge < -0.3 is 14.7 Å². The van der Waals surface area contributed by atoms with Crippen LogP contribution in [0.3, 0.4) is 0 Å². The van der Waals surface area contributed by atoms with Crippen LogP contribution in [0.15, 0.2) is 0 Å². The van der Waals surface area contributed by atoms with Gasteiger partial charge in [0, 0.05) is 12.4 Å². The predicted octanol–water partition coefficient (Wildman–Crippen LogP) is 0.788. The number of carboxylic acid groups (broad SMARTS) is 1. The molecule has 2 unspecified atom stereocenters. The Labute approximate surface area is 99.1 Å². The van der Waals surface area contributed by atoms with Gasteiger partial charge in [-0.2, -0.15) is 0 Å². The van der Waals surface area contributed by atoms with Crippen LogP contribution in [-0.4, -0.2) is 52.3 Å². The number of hydrogen-bond acceptors (Lipinski definition) is 4. The van der Waals surface area contributed by atoms with E-state index in [4.69, 9.17) is 9.84 Å². The first kappa shape index (κ1) is 13.3. The molecule has 1 heterocycles. The van der Waals surface area contributed by atoms with Crippen LogP contribution in [0.4, 0.5) is 0 Å². The smallest absolute Gasteiger partial charge is 0.327 e. The molecule has 0 saturated carbocycles. The van der Waals surface area contributed by atoms with Crippen LogP contribution in [0.5, 0.6) is 0 Å². The van der Waals surface area contributed by atoms with E-state index in [-0.39, 0.29) is 17.7 Å². The van der Waals surface area contributed by atoms with Gasteiger partial charge in [0.15, 0.2) is 0 Å². The molecule has 92 valence electrons. The molecule has 5 nitrogen and oxygen atoms in total. The van der Waals surface area contributed by atoms with Crippen molar-refractivity contribution in [3.05, 3.63) is 0 Å². The molecule has 1 fully saturated rings. The molecular weight excluding hydrogens is 230 g/mol. The van der Waals surface area contributed by atoms with Crippen molar-refractivity contribution >= 4 is 23.6 Å². The molecule has 0 aliphatic carbocycles. The topological polar surface area (TPSA) is 66.8 Å². The standard InChI is InChI=1S/C10H17NO4S/c1-3-15-5-4-9(12)11-7(2)16-6-8(11)10(13)14/h7-8H,3-6H2,1-2H3,(H,13,14). The minimum atomic E-state index is -0.929. The number of aliphatic carboxylic acids is 1. The molecule has 2 atom stereocenters. The van der Waals surface area contributed by atoms with E-state index in [1.165, 1.54) is 16.7 Å². The summed E-state index contributed by atoms with van der Waals surface area (Å²) >= 11 is 1.49. The lowest BCUT2D eigenvalue weighted by atomic mass is 10.2. The maximum Gasteiger partial charge on any atom is 0.327 e. The number of thioether (sulfide) groups is 1. The van der Waals surface area contributed by atoms with E-state index in [9.17, 15) is 9.59 Å². The van der Waals surface area contributed by atoms with E-state index in [0.29, 0.717) is 19.0 Å². The molecule has 16 heavy (non-hydrogen) atoms. The summed E-state index contributed by atoms with van der Waals surface area (Å²) in [5.41, 5.74) is 0. The second kappa shape index (κ2) is 6.10. The largest absolute Gasteiger partial charge is 0.480 e. The highest BCUT2D eigenvalue weighted by Gasteiger charge is 2.38. The van der Waals surface area contributed by atoms with Gasteiger partial charge in [-0.05, 0) is 13.8 Å². The minimum absolute atomic E-state index is 0.0600. The molecule has 0 radical (unpaired) electrons. The number of carboxylic acids is 1. The lowest BCUT2D eigenvalue weighted by Crippen LogP contribution is -2.45. The van der Waals surface area contributed by atoms with Crippen LogP contribution in [0.25, 0.3) is 0 Å². The maximum absolute atomic E-state index is 11.8. The van der Waals surface area contributed by atoms with Crippen LogP contribution < -0.4 is 0 Å². The van der Waals surface area contributed by atoms with Gasteiger partial charge in [-0.25, -0.2) is 4.79 Å². The van der Waals surface area contributed by atoms with Gasteiger partial charge in [0.2, 0.25) is 5.91 Å². The van der Waals surface area contributed by atoms with Gasteiger partial charge in [0.1, 0.15) is 6.04 Å². The highest BCUT2D eigenvalue weighted by molar-refractivity contribution is 8.00. The summed E-state index contributed by atoms with van der Waals surface area (Å²) in [5.74, 6) is -0.600. The van der Waals surface area contributed by atoms with Crippen molar-refractivity contribution in [1.82, 2.24) is 4.90 Å². The van der Waals surface area contributed by atoms with Gasteiger partial charge in [-0.15, -0.1) is 11.8 Å². The number of carbonyl (C=O) groups is 2. The summed E-state index contributed by atoms with van der Waals surface area (Å²) in [4.78, 5) is 24.2. The number of amides is 1. The Balaban J connectivity index is 2.54. The van der Waals surface area contributed by atoms with E-state index in [2.05, 4.69) is 0 Å². The van der Waals surface area contributed by atoms with Crippen LogP contribution in [0, 0.1) is 0 Å². The summed E-state index contributed by atoms with van der Waals surface area (Å²) in [5, 5.41) is 8.92. The zero-order chi connectivity index (χ0) is 12.1. The fourth-order valence-electron chi connectivity index (χ4n) is 1.64. The fourth-order valence-corrected chi connectivity index (χ4v) is 2.83. The summed E-state index contributed by atoms with van der Waals surface area (Å²) in [6.45, 7) is 4.64. The number of nitrogens with zero attached hydrogens (tertiary/aromatic N) is 1.